The van der Waals surface area contributed by atoms with Crippen molar-refractivity contribution in [1.29, 1.82) is 0 Å². The summed E-state index contributed by atoms with van der Waals surface area (Å²) in [5.74, 6) is 0. The first kappa shape index (κ1) is 36.1. The van der Waals surface area contributed by atoms with Crippen molar-refractivity contribution < 1.29 is 62.5 Å². The van der Waals surface area contributed by atoms with Crippen LogP contribution < -0.4 is 34.6 Å². The summed E-state index contributed by atoms with van der Waals surface area (Å²) in [5.41, 5.74) is 0. The fraction of sp³-hybridized carbons (Fsp3) is 1.00. The summed E-state index contributed by atoms with van der Waals surface area (Å²) in [4.78, 5) is 37.2. The van der Waals surface area contributed by atoms with Gasteiger partial charge in [-0.25, -0.2) is 0 Å². The molecule has 23 heavy (non-hydrogen) atoms. The number of rotatable bonds is 6. The van der Waals surface area contributed by atoms with Crippen LogP contribution in [0.1, 0.15) is 0 Å². The summed E-state index contributed by atoms with van der Waals surface area (Å²) < 4.78 is 21.6. The third-order valence-corrected chi connectivity index (χ3v) is 3.64. The fourth-order valence-corrected chi connectivity index (χ4v) is 2.56. The molecular weight excluding hydrogens is 417 g/mol. The van der Waals surface area contributed by atoms with Gasteiger partial charge in [0.05, 0.1) is 61.5 Å². The molecule has 0 radical (unpaired) electrons. The van der Waals surface area contributed by atoms with Crippen LogP contribution in [0.4, 0.5) is 0 Å². The summed E-state index contributed by atoms with van der Waals surface area (Å²) in [6.07, 6.45) is -0.285. The zero-order valence-electron chi connectivity index (χ0n) is 14.6. The Bertz CT molecular complexity index is 343. The van der Waals surface area contributed by atoms with E-state index in [0.29, 0.717) is 22.1 Å². The minimum absolute atomic E-state index is 0. The van der Waals surface area contributed by atoms with Crippen LogP contribution in [0.25, 0.3) is 0 Å². The molecule has 8 nitrogen and oxygen atoms in total. The van der Waals surface area contributed by atoms with Gasteiger partial charge in [0, 0.05) is 6.16 Å². The molecule has 0 bridgehead atoms. The molecular formula is C10H28CaCl2N2O6P2. The Kier molecular flexibility index (Phi) is 22.2. The predicted molar refractivity (Wildman–Crippen MR) is 80.9 cm³/mol. The van der Waals surface area contributed by atoms with Gasteiger partial charge in [0.1, 0.15) is 0 Å². The number of nitrogens with zero attached hydrogens (tertiary/aromatic N) is 2. The quantitative estimate of drug-likeness (QED) is 0.238. The van der Waals surface area contributed by atoms with Gasteiger partial charge >= 0.3 is 45.3 Å². The molecule has 0 rings (SSSR count). The second-order valence-electron chi connectivity index (χ2n) is 6.75. The molecule has 0 aromatic heterocycles. The van der Waals surface area contributed by atoms with Gasteiger partial charge in [-0.05, 0) is 0 Å². The smallest absolute Gasteiger partial charge is 1.00 e. The maximum Gasteiger partial charge on any atom is 2.00 e. The van der Waals surface area contributed by atoms with Crippen LogP contribution in [-0.4, -0.2) is 124 Å². The van der Waals surface area contributed by atoms with Crippen molar-refractivity contribution in [2.45, 2.75) is 0 Å². The molecule has 2 N–H and O–H groups in total. The third kappa shape index (κ3) is 45.4. The minimum atomic E-state index is -4.28. The first-order valence-corrected chi connectivity index (χ1v) is 9.60. The second-order valence-corrected chi connectivity index (χ2v) is 10.2. The Balaban J connectivity index is -0.0000000831. The molecule has 0 aromatic rings. The Morgan fingerprint density at radius 1 is 0.783 bits per heavy atom. The Labute approximate surface area is 181 Å². The van der Waals surface area contributed by atoms with Crippen molar-refractivity contribution in [1.82, 2.24) is 0 Å². The molecule has 0 saturated carbocycles. The van der Waals surface area contributed by atoms with Crippen LogP contribution in [0, 0.1) is 0 Å². The first-order valence-electron chi connectivity index (χ1n) is 6.08. The number of quaternary nitrogens is 2. The maximum absolute atomic E-state index is 10.4. The van der Waals surface area contributed by atoms with Crippen molar-refractivity contribution >= 4 is 52.9 Å². The van der Waals surface area contributed by atoms with E-state index in [4.69, 9.17) is 9.79 Å². The van der Waals surface area contributed by atoms with Crippen LogP contribution in [-0.2, 0) is 9.13 Å². The molecule has 0 amide bonds. The SMILES string of the molecule is C[N+](C)(C)CCP(=O)(O)O.C[N+](C)(C)CCP(=O)([O-])[O-].[Ca+2].[Cl-].[Cl-]. The van der Waals surface area contributed by atoms with Gasteiger partial charge in [-0.15, -0.1) is 0 Å². The van der Waals surface area contributed by atoms with Crippen LogP contribution in [0.5, 0.6) is 0 Å². The fourth-order valence-electron chi connectivity index (χ4n) is 0.853. The van der Waals surface area contributed by atoms with Gasteiger partial charge in [-0.3, -0.25) is 4.57 Å². The van der Waals surface area contributed by atoms with Crippen LogP contribution in [0.2, 0.25) is 0 Å². The van der Waals surface area contributed by atoms with Gasteiger partial charge in [0.25, 0.3) is 0 Å². The Morgan fingerprint density at radius 3 is 1.13 bits per heavy atom. The van der Waals surface area contributed by atoms with Crippen LogP contribution in [0.15, 0.2) is 0 Å². The molecule has 140 valence electrons. The van der Waals surface area contributed by atoms with Gasteiger partial charge in [-0.2, -0.15) is 0 Å². The van der Waals surface area contributed by atoms with E-state index in [2.05, 4.69) is 0 Å². The Morgan fingerprint density at radius 2 is 1.04 bits per heavy atom. The summed E-state index contributed by atoms with van der Waals surface area (Å²) in [5, 5.41) is 0. The molecule has 0 aliphatic rings. The average molecular weight is 445 g/mol. The summed E-state index contributed by atoms with van der Waals surface area (Å²) >= 11 is 0. The van der Waals surface area contributed by atoms with E-state index < -0.39 is 15.2 Å². The molecule has 0 heterocycles. The van der Waals surface area contributed by atoms with Crippen molar-refractivity contribution in [3.05, 3.63) is 0 Å². The van der Waals surface area contributed by atoms with Crippen molar-refractivity contribution in [2.24, 2.45) is 0 Å². The Hall–Kier alpha value is 2.06. The molecule has 13 heteroatoms. The first-order chi connectivity index (χ1) is 8.41. The molecule has 0 aliphatic carbocycles. The van der Waals surface area contributed by atoms with Gasteiger partial charge < -0.3 is 57.9 Å². The zero-order valence-corrected chi connectivity index (χ0v) is 20.1. The van der Waals surface area contributed by atoms with Crippen molar-refractivity contribution in [2.75, 3.05) is 67.7 Å². The molecule has 0 spiro atoms. The van der Waals surface area contributed by atoms with E-state index >= 15 is 0 Å². The third-order valence-electron chi connectivity index (χ3n) is 2.11. The number of hydrogen-bond acceptors (Lipinski definition) is 4. The molecule has 0 aromatic carbocycles. The van der Waals surface area contributed by atoms with E-state index in [-0.39, 0.29) is 74.9 Å². The minimum Gasteiger partial charge on any atom is -1.00 e. The number of hydrogen-bond donors (Lipinski definition) is 2. The van der Waals surface area contributed by atoms with E-state index in [0.717, 1.165) is 0 Å². The van der Waals surface area contributed by atoms with Gasteiger partial charge in [-0.1, -0.05) is 7.60 Å². The van der Waals surface area contributed by atoms with E-state index in [1.54, 1.807) is 0 Å². The topological polar surface area (TPSA) is 121 Å². The van der Waals surface area contributed by atoms with Crippen LogP contribution in [0.3, 0.4) is 0 Å². The number of halogens is 2. The van der Waals surface area contributed by atoms with Gasteiger partial charge in [0.2, 0.25) is 0 Å². The normalized spacial score (nSPS) is 11.9. The average Bonchev–Trinajstić information content (AvgIpc) is 2.09. The predicted octanol–water partition coefficient (Wildman–Crippen LogP) is -7.90. The standard InChI is InChI=1S/2C5H14NO3P.Ca.2ClH/c2*1-6(2,3)4-5-10(7,8)9;;;/h2*4-5H2,1-3H3,(H-,7,8,9);;2*1H/q;;+2;;/p-2. The van der Waals surface area contributed by atoms with Crippen molar-refractivity contribution in [3.63, 3.8) is 0 Å². The van der Waals surface area contributed by atoms with E-state index in [9.17, 15) is 18.9 Å². The summed E-state index contributed by atoms with van der Waals surface area (Å²) in [7, 11) is 3.17. The molecule has 0 aliphatic heterocycles. The van der Waals surface area contributed by atoms with Gasteiger partial charge in [0.15, 0.2) is 0 Å². The molecule has 0 atom stereocenters. The van der Waals surface area contributed by atoms with E-state index in [1.807, 2.05) is 42.3 Å². The monoisotopic (exact) mass is 444 g/mol. The summed E-state index contributed by atoms with van der Waals surface area (Å²) in [6.45, 7) is 0.883. The molecule has 0 saturated heterocycles. The van der Waals surface area contributed by atoms with Crippen LogP contribution >= 0.6 is 15.2 Å². The van der Waals surface area contributed by atoms with E-state index in [1.165, 1.54) is 0 Å². The van der Waals surface area contributed by atoms with Crippen molar-refractivity contribution in [3.8, 4) is 0 Å². The molecule has 0 unspecified atom stereocenters. The summed E-state index contributed by atoms with van der Waals surface area (Å²) in [6, 6.07) is 0. The second kappa shape index (κ2) is 14.2. The molecule has 0 fully saturated rings. The largest absolute Gasteiger partial charge is 2.00 e. The zero-order chi connectivity index (χ0) is 16.8. The maximum atomic E-state index is 10.4.